The van der Waals surface area contributed by atoms with E-state index in [1.807, 2.05) is 11.9 Å². The van der Waals surface area contributed by atoms with Gasteiger partial charge in [-0.15, -0.1) is 0 Å². The van der Waals surface area contributed by atoms with Gasteiger partial charge in [-0.2, -0.15) is 0 Å². The zero-order chi connectivity index (χ0) is 13.8. The van der Waals surface area contributed by atoms with Gasteiger partial charge in [-0.05, 0) is 45.6 Å². The quantitative estimate of drug-likeness (QED) is 0.760. The van der Waals surface area contributed by atoms with Crippen LogP contribution in [0.2, 0.25) is 0 Å². The van der Waals surface area contributed by atoms with E-state index in [1.54, 1.807) is 18.2 Å². The predicted molar refractivity (Wildman–Crippen MR) is 73.9 cm³/mol. The van der Waals surface area contributed by atoms with Crippen LogP contribution in [0, 0.1) is 5.82 Å². The van der Waals surface area contributed by atoms with Crippen LogP contribution in [0.1, 0.15) is 23.2 Å². The highest BCUT2D eigenvalue weighted by molar-refractivity contribution is 5.97. The zero-order valence-corrected chi connectivity index (χ0v) is 11.6. The molecule has 0 N–H and O–H groups in total. The Balaban J connectivity index is 1.90. The van der Waals surface area contributed by atoms with Crippen molar-refractivity contribution < 1.29 is 9.18 Å². The molecule has 0 amide bonds. The number of halogens is 1. The van der Waals surface area contributed by atoms with E-state index in [2.05, 4.69) is 11.9 Å². The van der Waals surface area contributed by atoms with Crippen LogP contribution in [0.3, 0.4) is 0 Å². The average molecular weight is 264 g/mol. The summed E-state index contributed by atoms with van der Waals surface area (Å²) in [6.45, 7) is 2.25. The Morgan fingerprint density at radius 2 is 2.21 bits per heavy atom. The number of hydrogen-bond donors (Lipinski definition) is 0. The highest BCUT2D eigenvalue weighted by atomic mass is 19.1. The summed E-state index contributed by atoms with van der Waals surface area (Å²) < 4.78 is 13.5. The number of hydrogen-bond acceptors (Lipinski definition) is 3. The molecule has 1 heterocycles. The fourth-order valence-corrected chi connectivity index (χ4v) is 2.65. The summed E-state index contributed by atoms with van der Waals surface area (Å²) in [5.41, 5.74) is 0.189. The normalized spacial score (nSPS) is 20.1. The summed E-state index contributed by atoms with van der Waals surface area (Å²) in [5, 5.41) is 0. The molecule has 0 saturated carbocycles. The van der Waals surface area contributed by atoms with E-state index in [1.165, 1.54) is 18.9 Å². The molecule has 1 aromatic rings. The molecule has 0 aromatic heterocycles. The van der Waals surface area contributed by atoms with Gasteiger partial charge < -0.3 is 4.90 Å². The number of likely N-dealkylation sites (N-methyl/N-ethyl adjacent to an activating group) is 2. The summed E-state index contributed by atoms with van der Waals surface area (Å²) >= 11 is 0. The molecule has 0 aliphatic carbocycles. The lowest BCUT2D eigenvalue weighted by atomic mass is 10.1. The molecule has 1 aliphatic heterocycles. The van der Waals surface area contributed by atoms with Crippen LogP contribution in [0.15, 0.2) is 24.3 Å². The van der Waals surface area contributed by atoms with Gasteiger partial charge in [-0.3, -0.25) is 9.69 Å². The molecule has 1 unspecified atom stereocenters. The molecule has 19 heavy (non-hydrogen) atoms. The van der Waals surface area contributed by atoms with Crippen molar-refractivity contribution >= 4 is 5.78 Å². The molecule has 4 heteroatoms. The van der Waals surface area contributed by atoms with Crippen molar-refractivity contribution in [2.45, 2.75) is 18.9 Å². The molecule has 104 valence electrons. The second kappa shape index (κ2) is 6.26. The average Bonchev–Trinajstić information content (AvgIpc) is 2.75. The first kappa shape index (κ1) is 14.2. The Kier molecular flexibility index (Phi) is 4.66. The first-order valence-corrected chi connectivity index (χ1v) is 6.74. The molecule has 2 rings (SSSR count). The van der Waals surface area contributed by atoms with E-state index in [9.17, 15) is 9.18 Å². The van der Waals surface area contributed by atoms with Crippen LogP contribution in [0.4, 0.5) is 4.39 Å². The fraction of sp³-hybridized carbons (Fsp3) is 0.533. The van der Waals surface area contributed by atoms with Crippen LogP contribution in [0.25, 0.3) is 0 Å². The van der Waals surface area contributed by atoms with Crippen molar-refractivity contribution in [2.24, 2.45) is 0 Å². The van der Waals surface area contributed by atoms with Crippen LogP contribution < -0.4 is 0 Å². The largest absolute Gasteiger partial charge is 0.302 e. The summed E-state index contributed by atoms with van der Waals surface area (Å²) in [6, 6.07) is 6.69. The highest BCUT2D eigenvalue weighted by Gasteiger charge is 2.23. The molecule has 0 bridgehead atoms. The Morgan fingerprint density at radius 3 is 2.84 bits per heavy atom. The van der Waals surface area contributed by atoms with E-state index < -0.39 is 5.82 Å². The SMILES string of the molecule is CN(CC(=O)c1ccccc1F)CC1CCCN1C. The molecule has 1 aliphatic rings. The topological polar surface area (TPSA) is 23.6 Å². The van der Waals surface area contributed by atoms with Crippen molar-refractivity contribution in [1.82, 2.24) is 9.80 Å². The lowest BCUT2D eigenvalue weighted by Gasteiger charge is -2.25. The maximum atomic E-state index is 13.5. The van der Waals surface area contributed by atoms with E-state index in [0.29, 0.717) is 6.04 Å². The van der Waals surface area contributed by atoms with Gasteiger partial charge in [-0.25, -0.2) is 4.39 Å². The smallest absolute Gasteiger partial charge is 0.179 e. The molecule has 0 radical (unpaired) electrons. The fourth-order valence-electron chi connectivity index (χ4n) is 2.65. The van der Waals surface area contributed by atoms with Gasteiger partial charge in [0.15, 0.2) is 5.78 Å². The Bertz CT molecular complexity index is 450. The van der Waals surface area contributed by atoms with Crippen LogP contribution >= 0.6 is 0 Å². The van der Waals surface area contributed by atoms with E-state index in [0.717, 1.165) is 13.1 Å². The minimum Gasteiger partial charge on any atom is -0.302 e. The second-order valence-corrected chi connectivity index (χ2v) is 5.38. The second-order valence-electron chi connectivity index (χ2n) is 5.38. The van der Waals surface area contributed by atoms with E-state index >= 15 is 0 Å². The number of rotatable bonds is 5. The van der Waals surface area contributed by atoms with Crippen molar-refractivity contribution in [1.29, 1.82) is 0 Å². The third kappa shape index (κ3) is 3.61. The molecular formula is C15H21FN2O. The number of ketones is 1. The Labute approximate surface area is 114 Å². The lowest BCUT2D eigenvalue weighted by molar-refractivity contribution is 0.0928. The molecule has 1 fully saturated rings. The first-order valence-electron chi connectivity index (χ1n) is 6.74. The maximum Gasteiger partial charge on any atom is 0.179 e. The summed E-state index contributed by atoms with van der Waals surface area (Å²) in [5.74, 6) is -0.583. The number of nitrogens with zero attached hydrogens (tertiary/aromatic N) is 2. The van der Waals surface area contributed by atoms with Gasteiger partial charge in [0, 0.05) is 12.6 Å². The van der Waals surface area contributed by atoms with Crippen molar-refractivity contribution in [3.05, 3.63) is 35.6 Å². The summed E-state index contributed by atoms with van der Waals surface area (Å²) in [4.78, 5) is 16.3. The lowest BCUT2D eigenvalue weighted by Crippen LogP contribution is -2.38. The van der Waals surface area contributed by atoms with Crippen molar-refractivity contribution in [2.75, 3.05) is 33.7 Å². The highest BCUT2D eigenvalue weighted by Crippen LogP contribution is 2.15. The molecule has 3 nitrogen and oxygen atoms in total. The van der Waals surface area contributed by atoms with E-state index in [-0.39, 0.29) is 17.9 Å². The summed E-state index contributed by atoms with van der Waals surface area (Å²) in [7, 11) is 4.04. The molecule has 0 spiro atoms. The van der Waals surface area contributed by atoms with Crippen LogP contribution in [0.5, 0.6) is 0 Å². The number of likely N-dealkylation sites (tertiary alicyclic amines) is 1. The monoisotopic (exact) mass is 264 g/mol. The predicted octanol–water partition coefficient (Wildman–Crippen LogP) is 2.03. The maximum absolute atomic E-state index is 13.5. The molecule has 1 atom stereocenters. The number of carbonyl (C=O) groups excluding carboxylic acids is 1. The first-order chi connectivity index (χ1) is 9.08. The molecular weight excluding hydrogens is 243 g/mol. The van der Waals surface area contributed by atoms with E-state index in [4.69, 9.17) is 0 Å². The van der Waals surface area contributed by atoms with Gasteiger partial charge >= 0.3 is 0 Å². The van der Waals surface area contributed by atoms with Crippen molar-refractivity contribution in [3.8, 4) is 0 Å². The van der Waals surface area contributed by atoms with Crippen LogP contribution in [-0.4, -0.2) is 55.4 Å². The van der Waals surface area contributed by atoms with Gasteiger partial charge in [-0.1, -0.05) is 12.1 Å². The minimum atomic E-state index is -0.432. The molecule has 1 saturated heterocycles. The summed E-state index contributed by atoms with van der Waals surface area (Å²) in [6.07, 6.45) is 2.39. The minimum absolute atomic E-state index is 0.152. The number of Topliss-reactive ketones (excluding diaryl/α,β-unsaturated/α-hetero) is 1. The number of benzene rings is 1. The third-order valence-electron chi connectivity index (χ3n) is 3.78. The molecule has 1 aromatic carbocycles. The Morgan fingerprint density at radius 1 is 1.47 bits per heavy atom. The zero-order valence-electron chi connectivity index (χ0n) is 11.6. The van der Waals surface area contributed by atoms with Crippen LogP contribution in [-0.2, 0) is 0 Å². The number of carbonyl (C=O) groups is 1. The third-order valence-corrected chi connectivity index (χ3v) is 3.78. The Hall–Kier alpha value is -1.26. The van der Waals surface area contributed by atoms with Gasteiger partial charge in [0.2, 0.25) is 0 Å². The van der Waals surface area contributed by atoms with Gasteiger partial charge in [0.25, 0.3) is 0 Å². The van der Waals surface area contributed by atoms with Crippen molar-refractivity contribution in [3.63, 3.8) is 0 Å². The standard InChI is InChI=1S/C15H21FN2O/c1-17(10-12-6-5-9-18(12)2)11-15(19)13-7-3-4-8-14(13)16/h3-4,7-8,12H,5-6,9-11H2,1-2H3. The van der Waals surface area contributed by atoms with Gasteiger partial charge in [0.1, 0.15) is 5.82 Å². The van der Waals surface area contributed by atoms with Gasteiger partial charge in [0.05, 0.1) is 12.1 Å².